The van der Waals surface area contributed by atoms with Gasteiger partial charge in [0.05, 0.1) is 11.3 Å². The normalized spacial score (nSPS) is 15.7. The molecule has 0 radical (unpaired) electrons. The van der Waals surface area contributed by atoms with Gasteiger partial charge in [0, 0.05) is 29.4 Å². The number of hydrogen-bond donors (Lipinski definition) is 3. The molecule has 1 saturated heterocycles. The third-order valence-corrected chi connectivity index (χ3v) is 6.94. The zero-order valence-corrected chi connectivity index (χ0v) is 21.3. The van der Waals surface area contributed by atoms with Gasteiger partial charge in [0.1, 0.15) is 0 Å². The molecule has 0 aromatic heterocycles. The van der Waals surface area contributed by atoms with Gasteiger partial charge >= 0.3 is 12.0 Å². The Morgan fingerprint density at radius 3 is 2.49 bits per heavy atom. The van der Waals surface area contributed by atoms with Crippen molar-refractivity contribution in [2.24, 2.45) is 0 Å². The smallest absolute Gasteiger partial charge is 0.336 e. The number of piperidine rings is 1. The van der Waals surface area contributed by atoms with Gasteiger partial charge in [-0.25, -0.2) is 9.59 Å². The van der Waals surface area contributed by atoms with Crippen LogP contribution < -0.4 is 10.6 Å². The maximum absolute atomic E-state index is 13.0. The summed E-state index contributed by atoms with van der Waals surface area (Å²) in [7, 11) is 0. The molecule has 4 rings (SSSR count). The molecule has 1 unspecified atom stereocenters. The summed E-state index contributed by atoms with van der Waals surface area (Å²) in [5, 5.41) is 15.7. The van der Waals surface area contributed by atoms with E-state index in [4.69, 9.17) is 0 Å². The number of amides is 2. The number of likely N-dealkylation sites (tertiary alicyclic amines) is 1. The maximum Gasteiger partial charge on any atom is 0.336 e. The Morgan fingerprint density at radius 1 is 0.973 bits per heavy atom. The van der Waals surface area contributed by atoms with Crippen molar-refractivity contribution in [2.75, 3.05) is 17.2 Å². The van der Waals surface area contributed by atoms with Crippen molar-refractivity contribution < 1.29 is 19.5 Å². The molecule has 37 heavy (non-hydrogen) atoms. The fourth-order valence-electron chi connectivity index (χ4n) is 4.98. The number of benzene rings is 3. The number of ketones is 1. The lowest BCUT2D eigenvalue weighted by Gasteiger charge is -2.37. The number of carbonyl (C=O) groups is 3. The number of urea groups is 1. The van der Waals surface area contributed by atoms with Gasteiger partial charge in [0.25, 0.3) is 0 Å². The number of carbonyl (C=O) groups excluding carboxylic acids is 2. The van der Waals surface area contributed by atoms with E-state index in [1.807, 2.05) is 25.1 Å². The number of carboxylic acid groups (broad SMARTS) is 1. The molecule has 1 heterocycles. The lowest BCUT2D eigenvalue weighted by atomic mass is 9.93. The molecule has 0 aliphatic carbocycles. The van der Waals surface area contributed by atoms with Crippen molar-refractivity contribution in [1.29, 1.82) is 0 Å². The van der Waals surface area contributed by atoms with Crippen LogP contribution >= 0.6 is 0 Å². The Labute approximate surface area is 217 Å². The first kappa shape index (κ1) is 26.1. The van der Waals surface area contributed by atoms with Crippen molar-refractivity contribution in [2.45, 2.75) is 52.1 Å². The van der Waals surface area contributed by atoms with E-state index in [0.717, 1.165) is 37.8 Å². The summed E-state index contributed by atoms with van der Waals surface area (Å²) in [6, 6.07) is 20.2. The van der Waals surface area contributed by atoms with Crippen molar-refractivity contribution in [3.05, 3.63) is 94.5 Å². The molecule has 0 bridgehead atoms. The SMILES string of the molecule is CC(=O)c1cccc(NC(=O)Nc2c(C)ccc(C(=O)O)c2CN2CCCCC2Cc2ccccc2)c1. The van der Waals surface area contributed by atoms with Crippen LogP contribution in [0, 0.1) is 6.92 Å². The molecule has 3 N–H and O–H groups in total. The van der Waals surface area contributed by atoms with Crippen molar-refractivity contribution in [1.82, 2.24) is 4.90 Å². The highest BCUT2D eigenvalue weighted by atomic mass is 16.4. The molecular weight excluding hydrogens is 466 g/mol. The van der Waals surface area contributed by atoms with Crippen LogP contribution in [0.3, 0.4) is 0 Å². The van der Waals surface area contributed by atoms with E-state index in [0.29, 0.717) is 29.0 Å². The fraction of sp³-hybridized carbons (Fsp3) is 0.300. The summed E-state index contributed by atoms with van der Waals surface area (Å²) in [4.78, 5) is 39.2. The zero-order chi connectivity index (χ0) is 26.4. The summed E-state index contributed by atoms with van der Waals surface area (Å²) in [5.74, 6) is -1.12. The second-order valence-corrected chi connectivity index (χ2v) is 9.61. The predicted octanol–water partition coefficient (Wildman–Crippen LogP) is 6.14. The van der Waals surface area contributed by atoms with Crippen LogP contribution in [0.1, 0.15) is 63.6 Å². The van der Waals surface area contributed by atoms with E-state index < -0.39 is 12.0 Å². The summed E-state index contributed by atoms with van der Waals surface area (Å²) in [6.45, 7) is 4.63. The molecule has 192 valence electrons. The Morgan fingerprint density at radius 2 is 1.76 bits per heavy atom. The van der Waals surface area contributed by atoms with Crippen molar-refractivity contribution in [3.63, 3.8) is 0 Å². The van der Waals surface area contributed by atoms with Crippen LogP contribution in [-0.2, 0) is 13.0 Å². The lowest BCUT2D eigenvalue weighted by Crippen LogP contribution is -2.41. The summed E-state index contributed by atoms with van der Waals surface area (Å²) in [5.41, 5.74) is 4.31. The molecule has 1 fully saturated rings. The van der Waals surface area contributed by atoms with Gasteiger partial charge in [-0.2, -0.15) is 0 Å². The van der Waals surface area contributed by atoms with Crippen molar-refractivity contribution in [3.8, 4) is 0 Å². The van der Waals surface area contributed by atoms with Crippen LogP contribution in [0.5, 0.6) is 0 Å². The molecule has 1 aliphatic heterocycles. The highest BCUT2D eigenvalue weighted by molar-refractivity contribution is 6.03. The second kappa shape index (κ2) is 11.8. The third-order valence-electron chi connectivity index (χ3n) is 6.94. The van der Waals surface area contributed by atoms with Crippen LogP contribution in [-0.4, -0.2) is 40.4 Å². The van der Waals surface area contributed by atoms with Crippen LogP contribution in [0.25, 0.3) is 0 Å². The van der Waals surface area contributed by atoms with Crippen LogP contribution in [0.15, 0.2) is 66.7 Å². The minimum absolute atomic E-state index is 0.0945. The number of anilines is 2. The monoisotopic (exact) mass is 499 g/mol. The second-order valence-electron chi connectivity index (χ2n) is 9.61. The van der Waals surface area contributed by atoms with Crippen LogP contribution in [0.2, 0.25) is 0 Å². The molecule has 1 atom stereocenters. The molecule has 2 amide bonds. The quantitative estimate of drug-likeness (QED) is 0.324. The summed E-state index contributed by atoms with van der Waals surface area (Å²) < 4.78 is 0. The highest BCUT2D eigenvalue weighted by Gasteiger charge is 2.27. The molecule has 0 saturated carbocycles. The molecule has 7 nitrogen and oxygen atoms in total. The van der Waals surface area contributed by atoms with E-state index in [9.17, 15) is 19.5 Å². The third kappa shape index (κ3) is 6.62. The summed E-state index contributed by atoms with van der Waals surface area (Å²) in [6.07, 6.45) is 4.12. The van der Waals surface area contributed by atoms with Crippen molar-refractivity contribution >= 4 is 29.2 Å². The number of nitrogens with one attached hydrogen (secondary N) is 2. The first-order chi connectivity index (χ1) is 17.8. The van der Waals surface area contributed by atoms with Gasteiger partial charge in [0.15, 0.2) is 5.78 Å². The number of Topliss-reactive ketones (excluding diaryl/α,β-unsaturated/α-hetero) is 1. The highest BCUT2D eigenvalue weighted by Crippen LogP contribution is 2.30. The molecule has 7 heteroatoms. The number of aromatic carboxylic acids is 1. The average Bonchev–Trinajstić information content (AvgIpc) is 2.88. The largest absolute Gasteiger partial charge is 0.478 e. The number of aryl methyl sites for hydroxylation is 1. The predicted molar refractivity (Wildman–Crippen MR) is 145 cm³/mol. The van der Waals surface area contributed by atoms with Gasteiger partial charge in [0.2, 0.25) is 0 Å². The first-order valence-electron chi connectivity index (χ1n) is 12.6. The van der Waals surface area contributed by atoms with E-state index in [-0.39, 0.29) is 17.4 Å². The molecule has 3 aromatic rings. The minimum Gasteiger partial charge on any atom is -0.478 e. The Balaban J connectivity index is 1.60. The molecule has 0 spiro atoms. The van der Waals surface area contributed by atoms with Gasteiger partial charge in [-0.15, -0.1) is 0 Å². The maximum atomic E-state index is 13.0. The Kier molecular flexibility index (Phi) is 8.36. The lowest BCUT2D eigenvalue weighted by molar-refractivity contribution is 0.0692. The Hall–Kier alpha value is -3.97. The number of hydrogen-bond acceptors (Lipinski definition) is 4. The van der Waals surface area contributed by atoms with Gasteiger partial charge in [-0.3, -0.25) is 9.69 Å². The molecule has 1 aliphatic rings. The number of rotatable bonds is 8. The number of nitrogens with zero attached hydrogens (tertiary/aromatic N) is 1. The summed E-state index contributed by atoms with van der Waals surface area (Å²) >= 11 is 0. The average molecular weight is 500 g/mol. The van der Waals surface area contributed by atoms with Gasteiger partial charge < -0.3 is 15.7 Å². The van der Waals surface area contributed by atoms with E-state index >= 15 is 0 Å². The first-order valence-corrected chi connectivity index (χ1v) is 12.6. The number of carboxylic acids is 1. The van der Waals surface area contributed by atoms with E-state index in [1.54, 1.807) is 36.4 Å². The molecular formula is C30H33N3O4. The van der Waals surface area contributed by atoms with Crippen LogP contribution in [0.4, 0.5) is 16.2 Å². The van der Waals surface area contributed by atoms with Gasteiger partial charge in [-0.05, 0) is 69.0 Å². The fourth-order valence-corrected chi connectivity index (χ4v) is 4.98. The minimum atomic E-state index is -1.02. The van der Waals surface area contributed by atoms with Gasteiger partial charge in [-0.1, -0.05) is 55.0 Å². The topological polar surface area (TPSA) is 98.7 Å². The molecule has 3 aromatic carbocycles. The zero-order valence-electron chi connectivity index (χ0n) is 21.3. The van der Waals surface area contributed by atoms with E-state index in [2.05, 4.69) is 27.7 Å². The van der Waals surface area contributed by atoms with E-state index in [1.165, 1.54) is 12.5 Å². The Bertz CT molecular complexity index is 1290. The standard InChI is InChI=1S/C30H33N3O4/c1-20-14-15-26(29(35)36)27(19-33-16-7-6-13-25(33)17-22-9-4-3-5-10-22)28(20)32-30(37)31-24-12-8-11-23(18-24)21(2)34/h3-5,8-12,14-15,18,25H,6-7,13,16-17,19H2,1-2H3,(H,35,36)(H2,31,32,37).